The average Bonchev–Trinajstić information content (AvgIpc) is 2.87. The van der Waals surface area contributed by atoms with Crippen molar-refractivity contribution < 1.29 is 9.53 Å². The third-order valence-corrected chi connectivity index (χ3v) is 7.78. The molecule has 0 radical (unpaired) electrons. The van der Waals surface area contributed by atoms with Crippen LogP contribution in [0.1, 0.15) is 56.2 Å². The lowest BCUT2D eigenvalue weighted by molar-refractivity contribution is -0.118. The van der Waals surface area contributed by atoms with E-state index in [-0.39, 0.29) is 17.1 Å². The van der Waals surface area contributed by atoms with Gasteiger partial charge < -0.3 is 10.5 Å². The topological polar surface area (TPSA) is 52.3 Å². The fourth-order valence-corrected chi connectivity index (χ4v) is 5.94. The summed E-state index contributed by atoms with van der Waals surface area (Å²) in [5.41, 5.74) is 12.2. The molecule has 5 rings (SSSR count). The summed E-state index contributed by atoms with van der Waals surface area (Å²) in [6.45, 7) is 6.91. The number of rotatable bonds is 6. The number of carbonyl (C=O) groups is 1. The highest BCUT2D eigenvalue weighted by Crippen LogP contribution is 2.49. The Bertz CT molecular complexity index is 1500. The maximum atomic E-state index is 13.9. The van der Waals surface area contributed by atoms with Crippen molar-refractivity contribution in [2.24, 2.45) is 5.41 Å². The minimum absolute atomic E-state index is 0.150. The summed E-state index contributed by atoms with van der Waals surface area (Å²) in [5.74, 6) is 0.801. The molecule has 0 heterocycles. The number of Topliss-reactive ketones (excluding diaryl/α,β-unsaturated/α-hetero) is 1. The SMILES string of the molecule is C[C@@H](C1=C(c2c(N)ccc3ccccc23)CC(C)(C)CC1=O)c1cc(Br)ccc1OCc1ccccc1. The smallest absolute Gasteiger partial charge is 0.160 e. The van der Waals surface area contributed by atoms with Gasteiger partial charge in [0.1, 0.15) is 12.4 Å². The molecule has 0 amide bonds. The van der Waals surface area contributed by atoms with Gasteiger partial charge in [-0.1, -0.05) is 97.4 Å². The van der Waals surface area contributed by atoms with Crippen LogP contribution in [0.3, 0.4) is 0 Å². The van der Waals surface area contributed by atoms with Crippen molar-refractivity contribution in [2.75, 3.05) is 5.73 Å². The predicted molar refractivity (Wildman–Crippen MR) is 157 cm³/mol. The van der Waals surface area contributed by atoms with E-state index < -0.39 is 0 Å². The molecule has 2 N–H and O–H groups in total. The molecular weight excluding hydrogens is 522 g/mol. The summed E-state index contributed by atoms with van der Waals surface area (Å²) in [6, 6.07) is 28.5. The highest BCUT2D eigenvalue weighted by atomic mass is 79.9. The van der Waals surface area contributed by atoms with Crippen LogP contribution in [0.4, 0.5) is 5.69 Å². The number of ketones is 1. The van der Waals surface area contributed by atoms with Crippen LogP contribution in [0.2, 0.25) is 0 Å². The fourth-order valence-electron chi connectivity index (χ4n) is 5.57. The van der Waals surface area contributed by atoms with E-state index in [1.54, 1.807) is 0 Å². The van der Waals surface area contributed by atoms with Crippen LogP contribution in [0.15, 0.2) is 95.0 Å². The third kappa shape index (κ3) is 5.21. The van der Waals surface area contributed by atoms with E-state index in [1.165, 1.54) is 0 Å². The van der Waals surface area contributed by atoms with Gasteiger partial charge in [0, 0.05) is 39.2 Å². The number of fused-ring (bicyclic) bond motifs is 1. The van der Waals surface area contributed by atoms with E-state index in [4.69, 9.17) is 10.5 Å². The maximum Gasteiger partial charge on any atom is 0.160 e. The van der Waals surface area contributed by atoms with E-state index in [0.29, 0.717) is 18.7 Å². The average molecular weight is 555 g/mol. The Balaban J connectivity index is 1.66. The molecule has 0 bridgehead atoms. The molecule has 1 aliphatic carbocycles. The van der Waals surface area contributed by atoms with Crippen molar-refractivity contribution in [3.05, 3.63) is 112 Å². The Hall–Kier alpha value is -3.37. The van der Waals surface area contributed by atoms with E-state index >= 15 is 0 Å². The van der Waals surface area contributed by atoms with Gasteiger partial charge in [0.2, 0.25) is 0 Å². The van der Waals surface area contributed by atoms with E-state index in [0.717, 1.165) is 55.3 Å². The van der Waals surface area contributed by atoms with Crippen LogP contribution in [0.5, 0.6) is 5.75 Å². The van der Waals surface area contributed by atoms with Crippen molar-refractivity contribution in [3.63, 3.8) is 0 Å². The van der Waals surface area contributed by atoms with Gasteiger partial charge in [0.05, 0.1) is 0 Å². The van der Waals surface area contributed by atoms with Gasteiger partial charge in [-0.15, -0.1) is 0 Å². The molecule has 0 fully saturated rings. The second kappa shape index (κ2) is 10.2. The van der Waals surface area contributed by atoms with Gasteiger partial charge in [-0.05, 0) is 58.0 Å². The van der Waals surface area contributed by atoms with Crippen LogP contribution < -0.4 is 10.5 Å². The first-order valence-corrected chi connectivity index (χ1v) is 13.5. The predicted octanol–water partition coefficient (Wildman–Crippen LogP) is 8.71. The van der Waals surface area contributed by atoms with Gasteiger partial charge >= 0.3 is 0 Å². The summed E-state index contributed by atoms with van der Waals surface area (Å²) in [5, 5.41) is 2.21. The Morgan fingerprint density at radius 1 is 0.946 bits per heavy atom. The van der Waals surface area contributed by atoms with Crippen LogP contribution in [0.25, 0.3) is 16.3 Å². The molecule has 3 nitrogen and oxygen atoms in total. The molecule has 37 heavy (non-hydrogen) atoms. The van der Waals surface area contributed by atoms with Crippen LogP contribution in [0, 0.1) is 5.41 Å². The van der Waals surface area contributed by atoms with Gasteiger partial charge in [0.25, 0.3) is 0 Å². The molecular formula is C33H32BrNO2. The number of carbonyl (C=O) groups excluding carboxylic acids is 1. The van der Waals surface area contributed by atoms with Crippen molar-refractivity contribution >= 4 is 43.7 Å². The first kappa shape index (κ1) is 25.3. The number of hydrogen-bond donors (Lipinski definition) is 1. The summed E-state index contributed by atoms with van der Waals surface area (Å²) in [6.07, 6.45) is 1.29. The second-order valence-electron chi connectivity index (χ2n) is 10.8. The highest BCUT2D eigenvalue weighted by Gasteiger charge is 2.37. The molecule has 0 saturated heterocycles. The van der Waals surface area contributed by atoms with Gasteiger partial charge in [-0.25, -0.2) is 0 Å². The van der Waals surface area contributed by atoms with Gasteiger partial charge in [-0.2, -0.15) is 0 Å². The number of hydrogen-bond acceptors (Lipinski definition) is 3. The maximum absolute atomic E-state index is 13.9. The number of anilines is 1. The number of nitrogens with two attached hydrogens (primary N) is 1. The first-order chi connectivity index (χ1) is 17.7. The molecule has 4 aromatic carbocycles. The molecule has 1 aliphatic rings. The number of benzene rings is 4. The zero-order valence-electron chi connectivity index (χ0n) is 21.6. The number of halogens is 1. The molecule has 4 heteroatoms. The molecule has 0 aromatic heterocycles. The van der Waals surface area contributed by atoms with E-state index in [2.05, 4.69) is 73.1 Å². The zero-order valence-corrected chi connectivity index (χ0v) is 23.1. The Kier molecular flexibility index (Phi) is 6.96. The van der Waals surface area contributed by atoms with Crippen molar-refractivity contribution in [3.8, 4) is 5.75 Å². The monoisotopic (exact) mass is 553 g/mol. The second-order valence-corrected chi connectivity index (χ2v) is 11.7. The van der Waals surface area contributed by atoms with Gasteiger partial charge in [0.15, 0.2) is 5.78 Å². The molecule has 0 unspecified atom stereocenters. The highest BCUT2D eigenvalue weighted by molar-refractivity contribution is 9.10. The fraction of sp³-hybridized carbons (Fsp3) is 0.242. The van der Waals surface area contributed by atoms with Gasteiger partial charge in [-0.3, -0.25) is 4.79 Å². The zero-order chi connectivity index (χ0) is 26.2. The Morgan fingerprint density at radius 3 is 2.46 bits per heavy atom. The normalized spacial score (nSPS) is 16.2. The molecule has 0 spiro atoms. The molecule has 1 atom stereocenters. The molecule has 0 saturated carbocycles. The van der Waals surface area contributed by atoms with Crippen LogP contribution in [-0.4, -0.2) is 5.78 Å². The molecule has 4 aromatic rings. The lowest BCUT2D eigenvalue weighted by Crippen LogP contribution is -2.28. The quantitative estimate of drug-likeness (QED) is 0.243. The minimum Gasteiger partial charge on any atom is -0.489 e. The van der Waals surface area contributed by atoms with E-state index in [1.807, 2.05) is 48.5 Å². The van der Waals surface area contributed by atoms with Crippen molar-refractivity contribution in [1.82, 2.24) is 0 Å². The summed E-state index contributed by atoms with van der Waals surface area (Å²) in [4.78, 5) is 13.9. The molecule has 188 valence electrons. The molecule has 0 aliphatic heterocycles. The third-order valence-electron chi connectivity index (χ3n) is 7.29. The standard InChI is InChI=1S/C33H32BrNO2/c1-21(26-17-24(34)14-16-30(26)37-20-22-9-5-4-6-10-22)31-27(18-33(2,3)19-29(31)36)32-25-12-8-7-11-23(25)13-15-28(32)35/h4-17,21H,18-20,35H2,1-3H3/t21-/m1/s1. The largest absolute Gasteiger partial charge is 0.489 e. The Morgan fingerprint density at radius 2 is 1.68 bits per heavy atom. The number of nitrogen functional groups attached to an aromatic ring is 1. The lowest BCUT2D eigenvalue weighted by Gasteiger charge is -2.35. The number of allylic oxidation sites excluding steroid dienone is 2. The summed E-state index contributed by atoms with van der Waals surface area (Å²) in [7, 11) is 0. The van der Waals surface area contributed by atoms with Crippen molar-refractivity contribution in [2.45, 2.75) is 46.1 Å². The lowest BCUT2D eigenvalue weighted by atomic mass is 9.68. The minimum atomic E-state index is -0.166. The summed E-state index contributed by atoms with van der Waals surface area (Å²) < 4.78 is 7.28. The summed E-state index contributed by atoms with van der Waals surface area (Å²) >= 11 is 3.65. The van der Waals surface area contributed by atoms with Crippen LogP contribution in [-0.2, 0) is 11.4 Å². The first-order valence-electron chi connectivity index (χ1n) is 12.7. The van der Waals surface area contributed by atoms with Crippen LogP contribution >= 0.6 is 15.9 Å². The van der Waals surface area contributed by atoms with E-state index in [9.17, 15) is 4.79 Å². The van der Waals surface area contributed by atoms with Crippen molar-refractivity contribution in [1.29, 1.82) is 0 Å². The number of ether oxygens (including phenoxy) is 1. The Labute approximate surface area is 227 Å².